The summed E-state index contributed by atoms with van der Waals surface area (Å²) in [4.78, 5) is 2.07. The highest BCUT2D eigenvalue weighted by Gasteiger charge is 2.07. The van der Waals surface area contributed by atoms with Gasteiger partial charge in [0.15, 0.2) is 0 Å². The van der Waals surface area contributed by atoms with Crippen molar-refractivity contribution in [2.75, 3.05) is 0 Å². The predicted octanol–water partition coefficient (Wildman–Crippen LogP) is 3.82. The molecule has 1 N–H and O–H groups in total. The molecule has 2 aromatic carbocycles. The first-order valence-electron chi connectivity index (χ1n) is 6.03. The number of aliphatic hydroxyl groups excluding tert-OH is 1. The molecular weight excluding hydrogens is 254 g/mol. The van der Waals surface area contributed by atoms with Crippen molar-refractivity contribution in [1.29, 1.82) is 5.26 Å². The molecule has 0 atom stereocenters. The molecule has 0 aliphatic heterocycles. The minimum absolute atomic E-state index is 0.0385. The molecule has 2 aromatic rings. The lowest BCUT2D eigenvalue weighted by molar-refractivity contribution is 0.281. The molecule has 0 spiro atoms. The van der Waals surface area contributed by atoms with Crippen LogP contribution < -0.4 is 0 Å². The molecule has 0 bridgehead atoms. The standard InChI is InChI=1S/C16H15NOS/c1-11-3-5-15(12(2)7-11)19-16-6-4-13(10-18)8-14(16)9-17/h3-8,18H,10H2,1-2H3. The van der Waals surface area contributed by atoms with Gasteiger partial charge in [-0.25, -0.2) is 0 Å². The van der Waals surface area contributed by atoms with E-state index in [-0.39, 0.29) is 6.61 Å². The van der Waals surface area contributed by atoms with Gasteiger partial charge in [0.1, 0.15) is 6.07 Å². The van der Waals surface area contributed by atoms with Gasteiger partial charge in [-0.05, 0) is 43.2 Å². The van der Waals surface area contributed by atoms with Gasteiger partial charge in [0.25, 0.3) is 0 Å². The maximum Gasteiger partial charge on any atom is 0.100 e. The zero-order chi connectivity index (χ0) is 13.8. The van der Waals surface area contributed by atoms with Gasteiger partial charge in [-0.2, -0.15) is 5.26 Å². The van der Waals surface area contributed by atoms with Crippen LogP contribution in [-0.4, -0.2) is 5.11 Å². The number of aryl methyl sites for hydroxylation is 2. The first-order valence-corrected chi connectivity index (χ1v) is 6.84. The first-order chi connectivity index (χ1) is 9.13. The average Bonchev–Trinajstić information content (AvgIpc) is 2.42. The summed E-state index contributed by atoms with van der Waals surface area (Å²) in [5.74, 6) is 0. The highest BCUT2D eigenvalue weighted by molar-refractivity contribution is 7.99. The molecule has 0 saturated heterocycles. The summed E-state index contributed by atoms with van der Waals surface area (Å²) in [5.41, 5.74) is 3.82. The van der Waals surface area contributed by atoms with Gasteiger partial charge in [0.2, 0.25) is 0 Å². The predicted molar refractivity (Wildman–Crippen MR) is 77.1 cm³/mol. The molecule has 0 heterocycles. The van der Waals surface area contributed by atoms with Crippen LogP contribution in [0.4, 0.5) is 0 Å². The maximum absolute atomic E-state index is 9.18. The molecule has 96 valence electrons. The number of rotatable bonds is 3. The lowest BCUT2D eigenvalue weighted by atomic mass is 10.1. The number of hydrogen-bond donors (Lipinski definition) is 1. The van der Waals surface area contributed by atoms with E-state index in [9.17, 15) is 5.26 Å². The van der Waals surface area contributed by atoms with E-state index in [1.807, 2.05) is 12.1 Å². The molecule has 2 nitrogen and oxygen atoms in total. The van der Waals surface area contributed by atoms with Crippen molar-refractivity contribution >= 4 is 11.8 Å². The molecular formula is C16H15NOS. The van der Waals surface area contributed by atoms with E-state index in [4.69, 9.17) is 5.11 Å². The summed E-state index contributed by atoms with van der Waals surface area (Å²) >= 11 is 1.59. The summed E-state index contributed by atoms with van der Waals surface area (Å²) in [6.45, 7) is 4.10. The zero-order valence-corrected chi connectivity index (χ0v) is 11.8. The summed E-state index contributed by atoms with van der Waals surface area (Å²) in [7, 11) is 0. The Bertz CT molecular complexity index is 644. The Hall–Kier alpha value is -1.76. The molecule has 0 amide bonds. The van der Waals surface area contributed by atoms with Gasteiger partial charge in [-0.1, -0.05) is 35.5 Å². The van der Waals surface area contributed by atoms with Crippen LogP contribution in [0, 0.1) is 25.2 Å². The number of nitrogens with zero attached hydrogens (tertiary/aromatic N) is 1. The van der Waals surface area contributed by atoms with Crippen LogP contribution in [0.1, 0.15) is 22.3 Å². The molecule has 0 radical (unpaired) electrons. The molecule has 2 rings (SSSR count). The second-order valence-electron chi connectivity index (χ2n) is 4.47. The van der Waals surface area contributed by atoms with Crippen LogP contribution in [0.15, 0.2) is 46.2 Å². The Kier molecular flexibility index (Phi) is 4.26. The number of benzene rings is 2. The van der Waals surface area contributed by atoms with Gasteiger partial charge >= 0.3 is 0 Å². The Morgan fingerprint density at radius 1 is 1.11 bits per heavy atom. The third kappa shape index (κ3) is 3.17. The van der Waals surface area contributed by atoms with Crippen LogP contribution in [0.25, 0.3) is 0 Å². The van der Waals surface area contributed by atoms with Crippen molar-refractivity contribution in [3.05, 3.63) is 58.7 Å². The fourth-order valence-electron chi connectivity index (χ4n) is 1.88. The number of hydrogen-bond acceptors (Lipinski definition) is 3. The van der Waals surface area contributed by atoms with Gasteiger partial charge in [0, 0.05) is 9.79 Å². The topological polar surface area (TPSA) is 44.0 Å². The fourth-order valence-corrected chi connectivity index (χ4v) is 2.83. The van der Waals surface area contributed by atoms with E-state index in [1.165, 1.54) is 11.1 Å². The second-order valence-corrected chi connectivity index (χ2v) is 5.56. The lowest BCUT2D eigenvalue weighted by Gasteiger charge is -2.08. The van der Waals surface area contributed by atoms with E-state index in [0.717, 1.165) is 15.4 Å². The van der Waals surface area contributed by atoms with Crippen molar-refractivity contribution in [2.45, 2.75) is 30.2 Å². The second kappa shape index (κ2) is 5.92. The van der Waals surface area contributed by atoms with Gasteiger partial charge in [-0.3, -0.25) is 0 Å². The normalized spacial score (nSPS) is 10.2. The number of nitriles is 1. The van der Waals surface area contributed by atoms with E-state index in [2.05, 4.69) is 38.1 Å². The molecule has 0 unspecified atom stereocenters. The van der Waals surface area contributed by atoms with Crippen LogP contribution in [0.3, 0.4) is 0 Å². The molecule has 3 heteroatoms. The maximum atomic E-state index is 9.18. The van der Waals surface area contributed by atoms with Gasteiger partial charge < -0.3 is 5.11 Å². The summed E-state index contributed by atoms with van der Waals surface area (Å²) in [6, 6.07) is 14.0. The smallest absolute Gasteiger partial charge is 0.100 e. The van der Waals surface area contributed by atoms with E-state index >= 15 is 0 Å². The fraction of sp³-hybridized carbons (Fsp3) is 0.188. The number of aliphatic hydroxyl groups is 1. The lowest BCUT2D eigenvalue weighted by Crippen LogP contribution is -1.89. The molecule has 0 aromatic heterocycles. The van der Waals surface area contributed by atoms with E-state index in [0.29, 0.717) is 5.56 Å². The minimum Gasteiger partial charge on any atom is -0.392 e. The summed E-state index contributed by atoms with van der Waals surface area (Å²) < 4.78 is 0. The van der Waals surface area contributed by atoms with E-state index < -0.39 is 0 Å². The van der Waals surface area contributed by atoms with Crippen molar-refractivity contribution in [2.24, 2.45) is 0 Å². The molecule has 0 saturated carbocycles. The van der Waals surface area contributed by atoms with Crippen LogP contribution in [0.5, 0.6) is 0 Å². The summed E-state index contributed by atoms with van der Waals surface area (Å²) in [5, 5.41) is 18.3. The highest BCUT2D eigenvalue weighted by atomic mass is 32.2. The summed E-state index contributed by atoms with van der Waals surface area (Å²) in [6.07, 6.45) is 0. The third-order valence-corrected chi connectivity index (χ3v) is 4.15. The highest BCUT2D eigenvalue weighted by Crippen LogP contribution is 2.33. The van der Waals surface area contributed by atoms with Crippen LogP contribution in [-0.2, 0) is 6.61 Å². The largest absolute Gasteiger partial charge is 0.392 e. The third-order valence-electron chi connectivity index (χ3n) is 2.90. The van der Waals surface area contributed by atoms with Crippen LogP contribution in [0.2, 0.25) is 0 Å². The average molecular weight is 269 g/mol. The van der Waals surface area contributed by atoms with Crippen molar-refractivity contribution in [1.82, 2.24) is 0 Å². The first kappa shape index (κ1) is 13.7. The van der Waals surface area contributed by atoms with Crippen molar-refractivity contribution in [3.63, 3.8) is 0 Å². The Balaban J connectivity index is 2.35. The van der Waals surface area contributed by atoms with Gasteiger partial charge in [0.05, 0.1) is 12.2 Å². The molecule has 0 aliphatic carbocycles. The Morgan fingerprint density at radius 2 is 1.84 bits per heavy atom. The Morgan fingerprint density at radius 3 is 2.47 bits per heavy atom. The van der Waals surface area contributed by atoms with E-state index in [1.54, 1.807) is 17.8 Å². The SMILES string of the molecule is Cc1ccc(Sc2ccc(CO)cc2C#N)c(C)c1. The Labute approximate surface area is 117 Å². The molecule has 0 fully saturated rings. The van der Waals surface area contributed by atoms with Crippen LogP contribution >= 0.6 is 11.8 Å². The van der Waals surface area contributed by atoms with Crippen molar-refractivity contribution in [3.8, 4) is 6.07 Å². The minimum atomic E-state index is -0.0385. The monoisotopic (exact) mass is 269 g/mol. The quantitative estimate of drug-likeness (QED) is 0.921. The van der Waals surface area contributed by atoms with Crippen molar-refractivity contribution < 1.29 is 5.11 Å². The van der Waals surface area contributed by atoms with Gasteiger partial charge in [-0.15, -0.1) is 0 Å². The molecule has 19 heavy (non-hydrogen) atoms. The molecule has 0 aliphatic rings. The zero-order valence-electron chi connectivity index (χ0n) is 11.0.